The molecule has 3 rings (SSSR count). The zero-order valence-electron chi connectivity index (χ0n) is 16.0. The Hall–Kier alpha value is -1.91. The number of piperidine rings is 1. The molecular weight excluding hydrogens is 407 g/mol. The first kappa shape index (κ1) is 21.8. The van der Waals surface area contributed by atoms with Gasteiger partial charge in [0.15, 0.2) is 0 Å². The van der Waals surface area contributed by atoms with Crippen LogP contribution in [0.5, 0.6) is 0 Å². The summed E-state index contributed by atoms with van der Waals surface area (Å²) in [6.07, 6.45) is -1.95. The predicted octanol–water partition coefficient (Wildman–Crippen LogP) is 3.34. The van der Waals surface area contributed by atoms with E-state index in [-0.39, 0.29) is 23.7 Å². The van der Waals surface area contributed by atoms with Crippen LogP contribution in [-0.4, -0.2) is 49.4 Å². The normalized spacial score (nSPS) is 20.9. The molecule has 0 aliphatic carbocycles. The molecule has 160 valence electrons. The van der Waals surface area contributed by atoms with Crippen LogP contribution in [0.4, 0.5) is 18.9 Å². The molecule has 0 amide bonds. The van der Waals surface area contributed by atoms with Crippen LogP contribution in [-0.2, 0) is 16.3 Å². The lowest BCUT2D eigenvalue weighted by atomic mass is 9.94. The molecule has 2 atom stereocenters. The molecular formula is C19H24F3N3O3S. The van der Waals surface area contributed by atoms with Crippen LogP contribution in [0.15, 0.2) is 30.5 Å². The van der Waals surface area contributed by atoms with Crippen molar-refractivity contribution >= 4 is 26.7 Å². The second-order valence-electron chi connectivity index (χ2n) is 7.57. The van der Waals surface area contributed by atoms with E-state index in [1.54, 1.807) is 12.1 Å². The van der Waals surface area contributed by atoms with Crippen molar-refractivity contribution in [1.29, 1.82) is 0 Å². The first-order valence-electron chi connectivity index (χ1n) is 9.43. The van der Waals surface area contributed by atoms with Crippen molar-refractivity contribution in [2.75, 3.05) is 30.3 Å². The van der Waals surface area contributed by atoms with Crippen molar-refractivity contribution in [3.63, 3.8) is 0 Å². The molecule has 1 aliphatic heterocycles. The molecule has 0 bridgehead atoms. The fourth-order valence-corrected chi connectivity index (χ4v) is 4.43. The number of anilines is 1. The van der Waals surface area contributed by atoms with Crippen LogP contribution in [0, 0.1) is 5.92 Å². The van der Waals surface area contributed by atoms with E-state index in [4.69, 9.17) is 4.55 Å². The Morgan fingerprint density at radius 2 is 2.03 bits per heavy atom. The van der Waals surface area contributed by atoms with Gasteiger partial charge in [0.25, 0.3) is 10.1 Å². The molecule has 2 heterocycles. The standard InChI is InChI=1S/C19H24F3N3O3S/c1-13-10-14(23-8-3-9-29(26,27)28)12-25(11-13)17-6-5-16(19(20,21)22)18-15(17)4-2-7-24-18/h2,4-7,13-14,23H,3,8-12H2,1H3,(H,26,27,28)/t13-,14+/m1/s1. The summed E-state index contributed by atoms with van der Waals surface area (Å²) < 4.78 is 70.5. The summed E-state index contributed by atoms with van der Waals surface area (Å²) >= 11 is 0. The SMILES string of the molecule is C[C@@H]1C[C@H](NCCCS(=O)(=O)O)CN(c2ccc(C(F)(F)F)c3ncccc23)C1. The third-order valence-corrected chi connectivity index (χ3v) is 5.87. The highest BCUT2D eigenvalue weighted by Crippen LogP contribution is 2.38. The van der Waals surface area contributed by atoms with E-state index in [0.717, 1.165) is 12.5 Å². The molecule has 0 saturated carbocycles. The molecule has 1 aliphatic rings. The topological polar surface area (TPSA) is 82.5 Å². The highest BCUT2D eigenvalue weighted by molar-refractivity contribution is 7.85. The number of hydrogen-bond acceptors (Lipinski definition) is 5. The van der Waals surface area contributed by atoms with Crippen molar-refractivity contribution in [2.45, 2.75) is 32.0 Å². The number of nitrogens with one attached hydrogen (secondary N) is 1. The van der Waals surface area contributed by atoms with Crippen LogP contribution in [0.2, 0.25) is 0 Å². The monoisotopic (exact) mass is 431 g/mol. The summed E-state index contributed by atoms with van der Waals surface area (Å²) in [4.78, 5) is 6.04. The highest BCUT2D eigenvalue weighted by atomic mass is 32.2. The van der Waals surface area contributed by atoms with Crippen LogP contribution in [0.25, 0.3) is 10.9 Å². The van der Waals surface area contributed by atoms with E-state index in [2.05, 4.69) is 22.1 Å². The van der Waals surface area contributed by atoms with Gasteiger partial charge in [-0.25, -0.2) is 0 Å². The minimum atomic E-state index is -4.47. The first-order valence-corrected chi connectivity index (χ1v) is 11.0. The third kappa shape index (κ3) is 5.58. The molecule has 0 radical (unpaired) electrons. The van der Waals surface area contributed by atoms with E-state index < -0.39 is 21.9 Å². The van der Waals surface area contributed by atoms with E-state index in [1.807, 2.05) is 0 Å². The molecule has 29 heavy (non-hydrogen) atoms. The summed E-state index contributed by atoms with van der Waals surface area (Å²) in [7, 11) is -3.98. The van der Waals surface area contributed by atoms with Gasteiger partial charge in [-0.1, -0.05) is 6.92 Å². The predicted molar refractivity (Wildman–Crippen MR) is 106 cm³/mol. The molecule has 1 saturated heterocycles. The van der Waals surface area contributed by atoms with Crippen LogP contribution in [0.1, 0.15) is 25.3 Å². The van der Waals surface area contributed by atoms with E-state index >= 15 is 0 Å². The van der Waals surface area contributed by atoms with Crippen molar-refractivity contribution in [2.24, 2.45) is 5.92 Å². The molecule has 1 aromatic heterocycles. The van der Waals surface area contributed by atoms with Gasteiger partial charge < -0.3 is 10.2 Å². The molecule has 0 spiro atoms. The number of halogens is 3. The lowest BCUT2D eigenvalue weighted by Gasteiger charge is -2.39. The fourth-order valence-electron chi connectivity index (χ4n) is 3.92. The first-order chi connectivity index (χ1) is 13.5. The second-order valence-corrected chi connectivity index (χ2v) is 9.14. The minimum Gasteiger partial charge on any atom is -0.369 e. The van der Waals surface area contributed by atoms with Gasteiger partial charge >= 0.3 is 6.18 Å². The lowest BCUT2D eigenvalue weighted by Crippen LogP contribution is -2.49. The average molecular weight is 431 g/mol. The van der Waals surface area contributed by atoms with Gasteiger partial charge in [0, 0.05) is 36.4 Å². The van der Waals surface area contributed by atoms with Crippen molar-refractivity contribution < 1.29 is 26.1 Å². The largest absolute Gasteiger partial charge is 0.418 e. The van der Waals surface area contributed by atoms with Gasteiger partial charge in [-0.2, -0.15) is 21.6 Å². The highest BCUT2D eigenvalue weighted by Gasteiger charge is 2.34. The van der Waals surface area contributed by atoms with Crippen LogP contribution in [0.3, 0.4) is 0 Å². The maximum atomic E-state index is 13.3. The van der Waals surface area contributed by atoms with Gasteiger partial charge in [-0.05, 0) is 49.6 Å². The molecule has 2 N–H and O–H groups in total. The molecule has 6 nitrogen and oxygen atoms in total. The van der Waals surface area contributed by atoms with E-state index in [1.165, 1.54) is 12.3 Å². The number of alkyl halides is 3. The van der Waals surface area contributed by atoms with Gasteiger partial charge in [-0.15, -0.1) is 0 Å². The quantitative estimate of drug-likeness (QED) is 0.539. The Kier molecular flexibility index (Phi) is 6.35. The molecule has 1 aromatic carbocycles. The number of benzene rings is 1. The summed E-state index contributed by atoms with van der Waals surface area (Å²) in [5, 5.41) is 3.75. The van der Waals surface area contributed by atoms with Gasteiger partial charge in [0.1, 0.15) is 0 Å². The minimum absolute atomic E-state index is 0.0617. The smallest absolute Gasteiger partial charge is 0.369 e. The molecule has 2 aromatic rings. The lowest BCUT2D eigenvalue weighted by molar-refractivity contribution is -0.136. The van der Waals surface area contributed by atoms with Gasteiger partial charge in [0.2, 0.25) is 0 Å². The maximum Gasteiger partial charge on any atom is 0.418 e. The van der Waals surface area contributed by atoms with Crippen LogP contribution < -0.4 is 10.2 Å². The number of hydrogen-bond donors (Lipinski definition) is 2. The van der Waals surface area contributed by atoms with Gasteiger partial charge in [-0.3, -0.25) is 9.54 Å². The Bertz CT molecular complexity index is 966. The Morgan fingerprint density at radius 1 is 1.28 bits per heavy atom. The van der Waals surface area contributed by atoms with Gasteiger partial charge in [0.05, 0.1) is 16.8 Å². The van der Waals surface area contributed by atoms with Crippen LogP contribution >= 0.6 is 0 Å². The number of rotatable bonds is 6. The Morgan fingerprint density at radius 3 is 2.72 bits per heavy atom. The summed E-state index contributed by atoms with van der Waals surface area (Å²) in [5.41, 5.74) is -0.104. The fraction of sp³-hybridized carbons (Fsp3) is 0.526. The van der Waals surface area contributed by atoms with Crippen molar-refractivity contribution in [3.05, 3.63) is 36.0 Å². The third-order valence-electron chi connectivity index (χ3n) is 5.06. The van der Waals surface area contributed by atoms with E-state index in [9.17, 15) is 21.6 Å². The zero-order valence-corrected chi connectivity index (χ0v) is 16.8. The zero-order chi connectivity index (χ0) is 21.2. The molecule has 10 heteroatoms. The summed E-state index contributed by atoms with van der Waals surface area (Å²) in [5.74, 6) is -0.00174. The number of fused-ring (bicyclic) bond motifs is 1. The Balaban J connectivity index is 1.80. The number of pyridine rings is 1. The van der Waals surface area contributed by atoms with E-state index in [0.29, 0.717) is 36.6 Å². The summed E-state index contributed by atoms with van der Waals surface area (Å²) in [6, 6.07) is 5.93. The molecule has 0 unspecified atom stereocenters. The number of nitrogens with zero attached hydrogens (tertiary/aromatic N) is 2. The van der Waals surface area contributed by atoms with Crippen molar-refractivity contribution in [1.82, 2.24) is 10.3 Å². The second kappa shape index (κ2) is 8.45. The summed E-state index contributed by atoms with van der Waals surface area (Å²) in [6.45, 7) is 3.80. The number of aromatic nitrogens is 1. The van der Waals surface area contributed by atoms with Crippen molar-refractivity contribution in [3.8, 4) is 0 Å². The molecule has 1 fully saturated rings. The Labute approximate surface area is 167 Å². The average Bonchev–Trinajstić information content (AvgIpc) is 2.62. The maximum absolute atomic E-state index is 13.3.